The molecule has 0 aliphatic heterocycles. The molecule has 0 spiro atoms. The molecule has 2 aromatic rings. The number of rotatable bonds is 10. The molecule has 0 amide bonds. The van der Waals surface area contributed by atoms with E-state index < -0.39 is 18.2 Å². The number of carbonyl (C=O) groups is 1. The summed E-state index contributed by atoms with van der Waals surface area (Å²) in [5.74, 6) is -1.01. The Morgan fingerprint density at radius 2 is 1.90 bits per heavy atom. The zero-order chi connectivity index (χ0) is 21.4. The number of aromatic carboxylic acids is 1. The average molecular weight is 410 g/mol. The van der Waals surface area contributed by atoms with Gasteiger partial charge in [0.15, 0.2) is 0 Å². The molecular formula is C21H25F3N2O3. The van der Waals surface area contributed by atoms with E-state index in [0.29, 0.717) is 6.54 Å². The third-order valence-corrected chi connectivity index (χ3v) is 4.30. The second-order valence-electron chi connectivity index (χ2n) is 6.88. The van der Waals surface area contributed by atoms with Gasteiger partial charge in [0.1, 0.15) is 24.0 Å². The SMILES string of the molecule is Cc1ccc(OCCNC(CN(C)Cc2ccccc2)C(F)(F)F)c(C(=O)O)c1. The van der Waals surface area contributed by atoms with E-state index in [0.717, 1.165) is 11.1 Å². The van der Waals surface area contributed by atoms with E-state index in [1.165, 1.54) is 12.1 Å². The van der Waals surface area contributed by atoms with Crippen LogP contribution in [0, 0.1) is 6.92 Å². The van der Waals surface area contributed by atoms with Crippen molar-refractivity contribution in [3.63, 3.8) is 0 Å². The third-order valence-electron chi connectivity index (χ3n) is 4.30. The van der Waals surface area contributed by atoms with Gasteiger partial charge in [0.2, 0.25) is 0 Å². The van der Waals surface area contributed by atoms with E-state index in [1.54, 1.807) is 24.9 Å². The van der Waals surface area contributed by atoms with Crippen LogP contribution in [0.25, 0.3) is 0 Å². The van der Waals surface area contributed by atoms with E-state index in [-0.39, 0.29) is 31.0 Å². The summed E-state index contributed by atoms with van der Waals surface area (Å²) in [5.41, 5.74) is 1.67. The molecule has 0 aliphatic rings. The van der Waals surface area contributed by atoms with Crippen LogP contribution in [0.2, 0.25) is 0 Å². The molecule has 2 aromatic carbocycles. The monoisotopic (exact) mass is 410 g/mol. The summed E-state index contributed by atoms with van der Waals surface area (Å²) in [6, 6.07) is 12.2. The van der Waals surface area contributed by atoms with Gasteiger partial charge in [-0.25, -0.2) is 4.79 Å². The van der Waals surface area contributed by atoms with Crippen LogP contribution in [0.4, 0.5) is 13.2 Å². The third kappa shape index (κ3) is 7.40. The van der Waals surface area contributed by atoms with Gasteiger partial charge in [0.05, 0.1) is 0 Å². The Bertz CT molecular complexity index is 798. The molecule has 0 fully saturated rings. The Morgan fingerprint density at radius 1 is 1.21 bits per heavy atom. The average Bonchev–Trinajstić information content (AvgIpc) is 2.65. The number of aryl methyl sites for hydroxylation is 1. The molecule has 2 N–H and O–H groups in total. The minimum Gasteiger partial charge on any atom is -0.491 e. The lowest BCUT2D eigenvalue weighted by molar-refractivity contribution is -0.159. The predicted octanol–water partition coefficient (Wildman–Crippen LogP) is 3.72. The molecule has 0 heterocycles. The van der Waals surface area contributed by atoms with Crippen LogP contribution in [0.5, 0.6) is 5.75 Å². The second kappa shape index (κ2) is 10.3. The number of likely N-dealkylation sites (N-methyl/N-ethyl adjacent to an activating group) is 1. The highest BCUT2D eigenvalue weighted by Gasteiger charge is 2.39. The van der Waals surface area contributed by atoms with Crippen LogP contribution in [-0.2, 0) is 6.54 Å². The molecule has 0 radical (unpaired) electrons. The van der Waals surface area contributed by atoms with Crippen molar-refractivity contribution in [2.75, 3.05) is 26.7 Å². The maximum atomic E-state index is 13.4. The summed E-state index contributed by atoms with van der Waals surface area (Å²) in [6.45, 7) is 1.77. The summed E-state index contributed by atoms with van der Waals surface area (Å²) in [6.07, 6.45) is -4.42. The molecule has 158 valence electrons. The Balaban J connectivity index is 1.89. The minimum absolute atomic E-state index is 0.0139. The Morgan fingerprint density at radius 3 is 2.52 bits per heavy atom. The fraction of sp³-hybridized carbons (Fsp3) is 0.381. The Labute approximate surface area is 168 Å². The van der Waals surface area contributed by atoms with Crippen molar-refractivity contribution in [1.82, 2.24) is 10.2 Å². The van der Waals surface area contributed by atoms with Crippen molar-refractivity contribution in [3.05, 3.63) is 65.2 Å². The highest BCUT2D eigenvalue weighted by atomic mass is 19.4. The second-order valence-corrected chi connectivity index (χ2v) is 6.88. The van der Waals surface area contributed by atoms with Gasteiger partial charge in [0, 0.05) is 19.6 Å². The number of nitrogens with zero attached hydrogens (tertiary/aromatic N) is 1. The summed E-state index contributed by atoms with van der Waals surface area (Å²) >= 11 is 0. The Kier molecular flexibility index (Phi) is 8.04. The van der Waals surface area contributed by atoms with Gasteiger partial charge in [-0.3, -0.25) is 0 Å². The lowest BCUT2D eigenvalue weighted by Crippen LogP contribution is -2.50. The highest BCUT2D eigenvalue weighted by molar-refractivity contribution is 5.91. The summed E-state index contributed by atoms with van der Waals surface area (Å²) < 4.78 is 45.5. The van der Waals surface area contributed by atoms with Gasteiger partial charge < -0.3 is 20.1 Å². The number of nitrogens with one attached hydrogen (secondary N) is 1. The topological polar surface area (TPSA) is 61.8 Å². The lowest BCUT2D eigenvalue weighted by Gasteiger charge is -2.27. The van der Waals surface area contributed by atoms with E-state index in [2.05, 4.69) is 5.32 Å². The fourth-order valence-electron chi connectivity index (χ4n) is 2.89. The molecular weight excluding hydrogens is 385 g/mol. The van der Waals surface area contributed by atoms with Crippen molar-refractivity contribution in [3.8, 4) is 5.75 Å². The molecule has 1 atom stereocenters. The molecule has 0 aliphatic carbocycles. The van der Waals surface area contributed by atoms with Gasteiger partial charge in [-0.2, -0.15) is 13.2 Å². The van der Waals surface area contributed by atoms with Gasteiger partial charge in [-0.15, -0.1) is 0 Å². The van der Waals surface area contributed by atoms with Gasteiger partial charge >= 0.3 is 12.1 Å². The van der Waals surface area contributed by atoms with E-state index in [1.807, 2.05) is 30.3 Å². The van der Waals surface area contributed by atoms with Gasteiger partial charge in [-0.1, -0.05) is 42.0 Å². The molecule has 1 unspecified atom stereocenters. The minimum atomic E-state index is -4.42. The first kappa shape index (κ1) is 22.7. The predicted molar refractivity (Wildman–Crippen MR) is 104 cm³/mol. The number of halogens is 3. The van der Waals surface area contributed by atoms with Crippen molar-refractivity contribution in [2.24, 2.45) is 0 Å². The molecule has 5 nitrogen and oxygen atoms in total. The number of hydrogen-bond donors (Lipinski definition) is 2. The summed E-state index contributed by atoms with van der Waals surface area (Å²) in [5, 5.41) is 11.7. The van der Waals surface area contributed by atoms with Crippen LogP contribution in [0.1, 0.15) is 21.5 Å². The normalized spacial score (nSPS) is 12.8. The van der Waals surface area contributed by atoms with E-state index in [9.17, 15) is 23.1 Å². The zero-order valence-corrected chi connectivity index (χ0v) is 16.4. The van der Waals surface area contributed by atoms with Crippen molar-refractivity contribution in [2.45, 2.75) is 25.7 Å². The number of ether oxygens (including phenoxy) is 1. The van der Waals surface area contributed by atoms with E-state index in [4.69, 9.17) is 4.74 Å². The van der Waals surface area contributed by atoms with Crippen LogP contribution in [-0.4, -0.2) is 54.9 Å². The van der Waals surface area contributed by atoms with Crippen LogP contribution in [0.15, 0.2) is 48.5 Å². The first-order valence-electron chi connectivity index (χ1n) is 9.16. The maximum Gasteiger partial charge on any atom is 0.405 e. The summed E-state index contributed by atoms with van der Waals surface area (Å²) in [4.78, 5) is 12.9. The quantitative estimate of drug-likeness (QED) is 0.585. The largest absolute Gasteiger partial charge is 0.491 e. The summed E-state index contributed by atoms with van der Waals surface area (Å²) in [7, 11) is 1.63. The molecule has 0 saturated heterocycles. The van der Waals surface area contributed by atoms with Gasteiger partial charge in [0.25, 0.3) is 0 Å². The smallest absolute Gasteiger partial charge is 0.405 e. The number of benzene rings is 2. The fourth-order valence-corrected chi connectivity index (χ4v) is 2.89. The number of hydrogen-bond acceptors (Lipinski definition) is 4. The lowest BCUT2D eigenvalue weighted by atomic mass is 10.1. The molecule has 8 heteroatoms. The van der Waals surface area contributed by atoms with Gasteiger partial charge in [-0.05, 0) is 31.7 Å². The molecule has 2 rings (SSSR count). The van der Waals surface area contributed by atoms with E-state index >= 15 is 0 Å². The first-order valence-corrected chi connectivity index (χ1v) is 9.16. The van der Waals surface area contributed by atoms with Crippen molar-refractivity contribution < 1.29 is 27.8 Å². The van der Waals surface area contributed by atoms with Crippen LogP contribution in [0.3, 0.4) is 0 Å². The highest BCUT2D eigenvalue weighted by Crippen LogP contribution is 2.22. The standard InChI is InChI=1S/C21H25F3N2O3/c1-15-8-9-18(17(12-15)20(27)28)29-11-10-25-19(21(22,23)24)14-26(2)13-16-6-4-3-5-7-16/h3-9,12,19,25H,10-11,13-14H2,1-2H3,(H,27,28). The van der Waals surface area contributed by atoms with Crippen LogP contribution >= 0.6 is 0 Å². The Hall–Kier alpha value is -2.58. The molecule has 0 saturated carbocycles. The number of carboxylic acid groups (broad SMARTS) is 1. The van der Waals surface area contributed by atoms with Crippen molar-refractivity contribution in [1.29, 1.82) is 0 Å². The molecule has 0 bridgehead atoms. The maximum absolute atomic E-state index is 13.4. The number of carboxylic acids is 1. The zero-order valence-electron chi connectivity index (χ0n) is 16.4. The first-order chi connectivity index (χ1) is 13.7. The van der Waals surface area contributed by atoms with Crippen molar-refractivity contribution >= 4 is 5.97 Å². The molecule has 29 heavy (non-hydrogen) atoms. The number of alkyl halides is 3. The van der Waals surface area contributed by atoms with Crippen LogP contribution < -0.4 is 10.1 Å². The molecule has 0 aromatic heterocycles.